The third-order valence-corrected chi connectivity index (χ3v) is 13.5. The number of hydrogen-bond acceptors (Lipinski definition) is 4. The van der Waals surface area contributed by atoms with Crippen molar-refractivity contribution in [2.24, 2.45) is 0 Å². The molecule has 268 valence electrons. The Morgan fingerprint density at radius 1 is 0.351 bits per heavy atom. The van der Waals surface area contributed by atoms with Crippen LogP contribution in [0.1, 0.15) is 5.56 Å². The minimum atomic E-state index is 0.735. The third-order valence-electron chi connectivity index (χ3n) is 11.1. The van der Waals surface area contributed by atoms with E-state index in [9.17, 15) is 0 Å². The van der Waals surface area contributed by atoms with Crippen molar-refractivity contribution in [2.45, 2.75) is 6.92 Å². The average Bonchev–Trinajstić information content (AvgIpc) is 3.86. The number of fused-ring (bicyclic) bond motifs is 6. The second kappa shape index (κ2) is 13.8. The van der Waals surface area contributed by atoms with Gasteiger partial charge in [0.05, 0.1) is 11.4 Å². The van der Waals surface area contributed by atoms with Crippen molar-refractivity contribution in [1.82, 2.24) is 9.97 Å². The van der Waals surface area contributed by atoms with Gasteiger partial charge < -0.3 is 0 Å². The van der Waals surface area contributed by atoms with Gasteiger partial charge in [-0.25, -0.2) is 9.97 Å². The Balaban J connectivity index is 1.06. The zero-order valence-electron chi connectivity index (χ0n) is 31.1. The molecule has 0 bridgehead atoms. The Kier molecular flexibility index (Phi) is 8.13. The molecule has 0 fully saturated rings. The molecule has 11 rings (SSSR count). The summed E-state index contributed by atoms with van der Waals surface area (Å²) in [5.41, 5.74) is 13.7. The van der Waals surface area contributed by atoms with Gasteiger partial charge in [-0.15, -0.1) is 22.7 Å². The van der Waals surface area contributed by atoms with E-state index in [0.29, 0.717) is 0 Å². The van der Waals surface area contributed by atoms with Gasteiger partial charge in [0, 0.05) is 62.6 Å². The molecule has 3 heterocycles. The third kappa shape index (κ3) is 5.76. The number of rotatable bonds is 6. The summed E-state index contributed by atoms with van der Waals surface area (Å²) in [6, 6.07) is 67.6. The molecule has 2 nitrogen and oxygen atoms in total. The molecular weight excluding hydrogens is 729 g/mol. The zero-order valence-corrected chi connectivity index (χ0v) is 32.7. The van der Waals surface area contributed by atoms with Gasteiger partial charge in [0.15, 0.2) is 5.82 Å². The van der Waals surface area contributed by atoms with Gasteiger partial charge in [-0.2, -0.15) is 0 Å². The molecule has 0 amide bonds. The van der Waals surface area contributed by atoms with Crippen LogP contribution in [0.3, 0.4) is 0 Å². The molecule has 8 aromatic carbocycles. The van der Waals surface area contributed by atoms with Gasteiger partial charge in [-0.1, -0.05) is 170 Å². The summed E-state index contributed by atoms with van der Waals surface area (Å²) in [7, 11) is 0. The highest BCUT2D eigenvalue weighted by Crippen LogP contribution is 2.47. The van der Waals surface area contributed by atoms with Crippen LogP contribution in [0.25, 0.3) is 108 Å². The summed E-state index contributed by atoms with van der Waals surface area (Å²) in [4.78, 5) is 10.4. The van der Waals surface area contributed by atoms with Crippen LogP contribution in [0, 0.1) is 6.92 Å². The van der Waals surface area contributed by atoms with E-state index >= 15 is 0 Å². The highest BCUT2D eigenvalue weighted by molar-refractivity contribution is 7.27. The largest absolute Gasteiger partial charge is 0.228 e. The van der Waals surface area contributed by atoms with Crippen LogP contribution in [0.5, 0.6) is 0 Å². The second-order valence-electron chi connectivity index (χ2n) is 14.5. The van der Waals surface area contributed by atoms with E-state index in [4.69, 9.17) is 9.97 Å². The predicted octanol–water partition coefficient (Wildman–Crippen LogP) is 15.5. The van der Waals surface area contributed by atoms with Crippen LogP contribution in [-0.2, 0) is 0 Å². The maximum atomic E-state index is 5.29. The van der Waals surface area contributed by atoms with Gasteiger partial charge in [-0.3, -0.25) is 0 Å². The number of benzene rings is 8. The van der Waals surface area contributed by atoms with E-state index in [1.807, 2.05) is 40.9 Å². The highest BCUT2D eigenvalue weighted by Gasteiger charge is 2.20. The molecule has 0 unspecified atom stereocenters. The summed E-state index contributed by atoms with van der Waals surface area (Å²) in [6.45, 7) is 2.16. The van der Waals surface area contributed by atoms with E-state index < -0.39 is 0 Å². The molecule has 0 spiro atoms. The van der Waals surface area contributed by atoms with Gasteiger partial charge >= 0.3 is 0 Å². The summed E-state index contributed by atoms with van der Waals surface area (Å²) in [5, 5.41) is 5.14. The molecule has 0 aliphatic rings. The van der Waals surface area contributed by atoms with Crippen LogP contribution in [0.4, 0.5) is 0 Å². The number of thiophene rings is 2. The van der Waals surface area contributed by atoms with Crippen LogP contribution >= 0.6 is 22.7 Å². The van der Waals surface area contributed by atoms with Crippen molar-refractivity contribution in [3.05, 3.63) is 194 Å². The van der Waals surface area contributed by atoms with E-state index in [1.165, 1.54) is 73.7 Å². The molecule has 57 heavy (non-hydrogen) atoms. The lowest BCUT2D eigenvalue weighted by Crippen LogP contribution is -2.00. The maximum absolute atomic E-state index is 5.29. The summed E-state index contributed by atoms with van der Waals surface area (Å²) in [6.07, 6.45) is 0. The Morgan fingerprint density at radius 2 is 0.912 bits per heavy atom. The van der Waals surface area contributed by atoms with Gasteiger partial charge in [-0.05, 0) is 58.5 Å². The molecule has 0 atom stereocenters. The predicted molar refractivity (Wildman–Crippen MR) is 245 cm³/mol. The fourth-order valence-corrected chi connectivity index (χ4v) is 10.8. The van der Waals surface area contributed by atoms with Crippen LogP contribution in [0.15, 0.2) is 188 Å². The fraction of sp³-hybridized carbons (Fsp3) is 0.0189. The first-order valence-corrected chi connectivity index (χ1v) is 20.9. The number of nitrogens with zero attached hydrogens (tertiary/aromatic N) is 2. The quantitative estimate of drug-likeness (QED) is 0.169. The summed E-state index contributed by atoms with van der Waals surface area (Å²) < 4.78 is 5.13. The zero-order chi connectivity index (χ0) is 37.9. The Hall–Kier alpha value is -6.72. The average molecular weight is 763 g/mol. The number of hydrogen-bond donors (Lipinski definition) is 0. The minimum absolute atomic E-state index is 0.735. The normalized spacial score (nSPS) is 11.6. The Labute approximate surface area is 339 Å². The molecule has 0 aliphatic heterocycles. The molecule has 4 heteroatoms. The fourth-order valence-electron chi connectivity index (χ4n) is 8.29. The van der Waals surface area contributed by atoms with Crippen molar-refractivity contribution < 1.29 is 0 Å². The smallest absolute Gasteiger partial charge is 0.160 e. The van der Waals surface area contributed by atoms with Crippen molar-refractivity contribution in [1.29, 1.82) is 0 Å². The maximum Gasteiger partial charge on any atom is 0.160 e. The molecule has 0 saturated carbocycles. The minimum Gasteiger partial charge on any atom is -0.228 e. The van der Waals surface area contributed by atoms with Crippen molar-refractivity contribution in [2.75, 3.05) is 0 Å². The van der Waals surface area contributed by atoms with Gasteiger partial charge in [0.2, 0.25) is 0 Å². The monoisotopic (exact) mass is 762 g/mol. The Morgan fingerprint density at radius 3 is 1.68 bits per heavy atom. The highest BCUT2D eigenvalue weighted by atomic mass is 32.1. The van der Waals surface area contributed by atoms with E-state index in [-0.39, 0.29) is 0 Å². The van der Waals surface area contributed by atoms with Crippen LogP contribution in [-0.4, -0.2) is 9.97 Å². The first-order valence-electron chi connectivity index (χ1n) is 19.2. The lowest BCUT2D eigenvalue weighted by molar-refractivity contribution is 1.15. The molecule has 0 saturated heterocycles. The van der Waals surface area contributed by atoms with Crippen molar-refractivity contribution in [3.8, 4) is 67.3 Å². The number of aromatic nitrogens is 2. The van der Waals surface area contributed by atoms with Crippen LogP contribution in [0.2, 0.25) is 0 Å². The molecule has 3 aromatic heterocycles. The second-order valence-corrected chi connectivity index (χ2v) is 16.6. The summed E-state index contributed by atoms with van der Waals surface area (Å²) >= 11 is 3.74. The molecule has 11 aromatic rings. The molecule has 0 aliphatic carbocycles. The van der Waals surface area contributed by atoms with E-state index in [2.05, 4.69) is 177 Å². The molecule has 0 radical (unpaired) electrons. The van der Waals surface area contributed by atoms with Gasteiger partial charge in [0.1, 0.15) is 0 Å². The van der Waals surface area contributed by atoms with Crippen LogP contribution < -0.4 is 0 Å². The first-order chi connectivity index (χ1) is 28.2. The first kappa shape index (κ1) is 33.6. The molecule has 0 N–H and O–H groups in total. The topological polar surface area (TPSA) is 25.8 Å². The standard InChI is InChI=1S/C53H34N2S2/c1-33-49(37-16-7-3-8-17-37)54-53(38-18-9-4-10-19-38)55-50(33)44-22-13-21-42-45-32-39(28-31-47(45)56-51(42)44)41-30-29-40(48-43-20-11-12-23-46(43)57-52(41)48)36-26-24-35(25-27-36)34-14-5-2-6-15-34/h2-32H,1H3. The lowest BCUT2D eigenvalue weighted by Gasteiger charge is -2.14. The van der Waals surface area contributed by atoms with E-state index in [0.717, 1.165) is 39.5 Å². The van der Waals surface area contributed by atoms with Gasteiger partial charge in [0.25, 0.3) is 0 Å². The SMILES string of the molecule is Cc1c(-c2ccccc2)nc(-c2ccccc2)nc1-c1cccc2c1sc1ccc(-c3ccc(-c4ccc(-c5ccccc5)cc4)c4c3sc3ccccc34)cc12. The Bertz CT molecular complexity index is 3270. The lowest BCUT2D eigenvalue weighted by atomic mass is 9.93. The van der Waals surface area contributed by atoms with Crippen molar-refractivity contribution in [3.63, 3.8) is 0 Å². The molecular formula is C53H34N2S2. The van der Waals surface area contributed by atoms with E-state index in [1.54, 1.807) is 0 Å². The summed E-state index contributed by atoms with van der Waals surface area (Å²) in [5.74, 6) is 0.735. The van der Waals surface area contributed by atoms with Crippen molar-refractivity contribution >= 4 is 63.0 Å².